The third-order valence-corrected chi connectivity index (χ3v) is 6.56. The Bertz CT molecular complexity index is 630. The van der Waals surface area contributed by atoms with Crippen molar-refractivity contribution < 1.29 is 4.74 Å². The summed E-state index contributed by atoms with van der Waals surface area (Å²) in [5.41, 5.74) is 2.66. The van der Waals surface area contributed by atoms with E-state index >= 15 is 0 Å². The summed E-state index contributed by atoms with van der Waals surface area (Å²) in [6.45, 7) is 6.80. The van der Waals surface area contributed by atoms with Gasteiger partial charge in [-0.15, -0.1) is 24.0 Å². The number of guanidine groups is 1. The number of ether oxygens (including phenoxy) is 1. The predicted molar refractivity (Wildman–Crippen MR) is 131 cm³/mol. The SMILES string of the molecule is CN=C(NCc1cccc(CN2CCOC(C)C2)c1)NC1CCC(SC)C1.I. The molecule has 1 heterocycles. The van der Waals surface area contributed by atoms with Gasteiger partial charge in [0.15, 0.2) is 5.96 Å². The molecular formula is C21H35IN4OS. The van der Waals surface area contributed by atoms with E-state index in [0.29, 0.717) is 12.1 Å². The highest BCUT2D eigenvalue weighted by Gasteiger charge is 2.24. The lowest BCUT2D eigenvalue weighted by Crippen LogP contribution is -2.42. The molecule has 2 N–H and O–H groups in total. The van der Waals surface area contributed by atoms with E-state index in [9.17, 15) is 0 Å². The number of hydrogen-bond donors (Lipinski definition) is 2. The van der Waals surface area contributed by atoms with Crippen LogP contribution in [0.4, 0.5) is 0 Å². The molecule has 0 spiro atoms. The number of hydrogen-bond acceptors (Lipinski definition) is 4. The van der Waals surface area contributed by atoms with E-state index in [1.807, 2.05) is 18.8 Å². The van der Waals surface area contributed by atoms with Crippen LogP contribution in [0.1, 0.15) is 37.3 Å². The van der Waals surface area contributed by atoms with Gasteiger partial charge in [-0.1, -0.05) is 24.3 Å². The molecular weight excluding hydrogens is 483 g/mol. The molecule has 2 aliphatic rings. The number of nitrogens with one attached hydrogen (secondary N) is 2. The van der Waals surface area contributed by atoms with Gasteiger partial charge in [-0.25, -0.2) is 0 Å². The molecule has 1 aromatic carbocycles. The molecule has 3 unspecified atom stereocenters. The first-order valence-corrected chi connectivity index (χ1v) is 11.4. The zero-order valence-corrected chi connectivity index (χ0v) is 20.5. The maximum atomic E-state index is 5.64. The molecule has 1 aromatic rings. The summed E-state index contributed by atoms with van der Waals surface area (Å²) in [6.07, 6.45) is 6.32. The Morgan fingerprint density at radius 3 is 2.86 bits per heavy atom. The van der Waals surface area contributed by atoms with Crippen molar-refractivity contribution in [1.82, 2.24) is 15.5 Å². The molecule has 1 saturated heterocycles. The van der Waals surface area contributed by atoms with Gasteiger partial charge >= 0.3 is 0 Å². The van der Waals surface area contributed by atoms with E-state index in [1.165, 1.54) is 30.4 Å². The first-order chi connectivity index (χ1) is 13.2. The van der Waals surface area contributed by atoms with Crippen LogP contribution in [0.2, 0.25) is 0 Å². The van der Waals surface area contributed by atoms with Crippen LogP contribution in [0.25, 0.3) is 0 Å². The topological polar surface area (TPSA) is 48.9 Å². The van der Waals surface area contributed by atoms with Crippen LogP contribution in [-0.2, 0) is 17.8 Å². The molecule has 0 aromatic heterocycles. The number of thioether (sulfide) groups is 1. The van der Waals surface area contributed by atoms with Crippen molar-refractivity contribution in [2.24, 2.45) is 4.99 Å². The number of nitrogens with zero attached hydrogens (tertiary/aromatic N) is 2. The number of rotatable bonds is 6. The van der Waals surface area contributed by atoms with Gasteiger partial charge < -0.3 is 15.4 Å². The second kappa shape index (κ2) is 12.2. The van der Waals surface area contributed by atoms with Crippen molar-refractivity contribution in [3.05, 3.63) is 35.4 Å². The fourth-order valence-electron chi connectivity index (χ4n) is 3.99. The van der Waals surface area contributed by atoms with Crippen molar-refractivity contribution in [1.29, 1.82) is 0 Å². The molecule has 28 heavy (non-hydrogen) atoms. The molecule has 0 bridgehead atoms. The normalized spacial score (nSPS) is 26.0. The first-order valence-electron chi connectivity index (χ1n) is 10.1. The minimum absolute atomic E-state index is 0. The van der Waals surface area contributed by atoms with Crippen LogP contribution in [0.3, 0.4) is 0 Å². The third kappa shape index (κ3) is 7.39. The third-order valence-electron chi connectivity index (χ3n) is 5.47. The molecule has 3 atom stereocenters. The highest BCUT2D eigenvalue weighted by molar-refractivity contribution is 14.0. The highest BCUT2D eigenvalue weighted by atomic mass is 127. The van der Waals surface area contributed by atoms with Crippen LogP contribution in [0.5, 0.6) is 0 Å². The van der Waals surface area contributed by atoms with Crippen molar-refractivity contribution in [2.45, 2.75) is 56.7 Å². The first kappa shape index (κ1) is 23.8. The Hall–Kier alpha value is -0.510. The fourth-order valence-corrected chi connectivity index (χ4v) is 4.79. The van der Waals surface area contributed by atoms with Gasteiger partial charge in [0.1, 0.15) is 0 Å². The van der Waals surface area contributed by atoms with E-state index in [2.05, 4.69) is 58.0 Å². The maximum absolute atomic E-state index is 5.64. The van der Waals surface area contributed by atoms with Crippen molar-refractivity contribution in [3.63, 3.8) is 0 Å². The molecule has 0 radical (unpaired) electrons. The molecule has 1 saturated carbocycles. The summed E-state index contributed by atoms with van der Waals surface area (Å²) < 4.78 is 5.64. The zero-order valence-electron chi connectivity index (χ0n) is 17.3. The second-order valence-corrected chi connectivity index (χ2v) is 8.81. The van der Waals surface area contributed by atoms with Gasteiger partial charge in [-0.05, 0) is 43.6 Å². The van der Waals surface area contributed by atoms with Gasteiger partial charge in [0.2, 0.25) is 0 Å². The van der Waals surface area contributed by atoms with Gasteiger partial charge in [0, 0.05) is 44.5 Å². The number of aliphatic imine (C=N–C) groups is 1. The van der Waals surface area contributed by atoms with Crippen LogP contribution in [0.15, 0.2) is 29.3 Å². The fraction of sp³-hybridized carbons (Fsp3) is 0.667. The Labute approximate surface area is 191 Å². The molecule has 1 aliphatic carbocycles. The molecule has 2 fully saturated rings. The van der Waals surface area contributed by atoms with Crippen LogP contribution in [-0.4, -0.2) is 61.3 Å². The van der Waals surface area contributed by atoms with E-state index in [4.69, 9.17) is 4.74 Å². The minimum atomic E-state index is 0. The van der Waals surface area contributed by atoms with Crippen molar-refractivity contribution >= 4 is 41.7 Å². The molecule has 3 rings (SSSR count). The largest absolute Gasteiger partial charge is 0.376 e. The lowest BCUT2D eigenvalue weighted by atomic mass is 10.1. The van der Waals surface area contributed by atoms with E-state index in [-0.39, 0.29) is 24.0 Å². The summed E-state index contributed by atoms with van der Waals surface area (Å²) in [7, 11) is 1.85. The highest BCUT2D eigenvalue weighted by Crippen LogP contribution is 2.28. The Morgan fingerprint density at radius 2 is 2.14 bits per heavy atom. The Morgan fingerprint density at radius 1 is 1.32 bits per heavy atom. The van der Waals surface area contributed by atoms with Gasteiger partial charge in [-0.2, -0.15) is 11.8 Å². The Kier molecular flexibility index (Phi) is 10.4. The second-order valence-electron chi connectivity index (χ2n) is 7.67. The van der Waals surface area contributed by atoms with Gasteiger partial charge in [-0.3, -0.25) is 9.89 Å². The molecule has 158 valence electrons. The molecule has 7 heteroatoms. The number of benzene rings is 1. The van der Waals surface area contributed by atoms with Crippen molar-refractivity contribution in [3.8, 4) is 0 Å². The van der Waals surface area contributed by atoms with Crippen LogP contribution in [0, 0.1) is 0 Å². The van der Waals surface area contributed by atoms with E-state index in [1.54, 1.807) is 0 Å². The lowest BCUT2D eigenvalue weighted by Gasteiger charge is -2.31. The van der Waals surface area contributed by atoms with Crippen molar-refractivity contribution in [2.75, 3.05) is 33.0 Å². The average Bonchev–Trinajstić information content (AvgIpc) is 3.13. The van der Waals surface area contributed by atoms with Crippen LogP contribution < -0.4 is 10.6 Å². The number of morpholine rings is 1. The molecule has 1 aliphatic heterocycles. The predicted octanol–water partition coefficient (Wildman–Crippen LogP) is 3.47. The van der Waals surface area contributed by atoms with E-state index < -0.39 is 0 Å². The van der Waals surface area contributed by atoms with Gasteiger partial charge in [0.05, 0.1) is 12.7 Å². The Balaban J connectivity index is 0.00000280. The number of halogens is 1. The monoisotopic (exact) mass is 518 g/mol. The summed E-state index contributed by atoms with van der Waals surface area (Å²) in [5, 5.41) is 7.86. The summed E-state index contributed by atoms with van der Waals surface area (Å²) in [6, 6.07) is 9.41. The molecule has 0 amide bonds. The smallest absolute Gasteiger partial charge is 0.191 e. The van der Waals surface area contributed by atoms with Gasteiger partial charge in [0.25, 0.3) is 0 Å². The summed E-state index contributed by atoms with van der Waals surface area (Å²) in [4.78, 5) is 6.88. The quantitative estimate of drug-likeness (QED) is 0.343. The summed E-state index contributed by atoms with van der Waals surface area (Å²) in [5.74, 6) is 0.911. The average molecular weight is 519 g/mol. The summed E-state index contributed by atoms with van der Waals surface area (Å²) >= 11 is 1.98. The van der Waals surface area contributed by atoms with Crippen LogP contribution >= 0.6 is 35.7 Å². The minimum Gasteiger partial charge on any atom is -0.376 e. The van der Waals surface area contributed by atoms with E-state index in [0.717, 1.165) is 44.0 Å². The maximum Gasteiger partial charge on any atom is 0.191 e. The lowest BCUT2D eigenvalue weighted by molar-refractivity contribution is -0.0212. The molecule has 5 nitrogen and oxygen atoms in total. The zero-order chi connectivity index (χ0) is 19.1. The standard InChI is InChI=1S/C21H34N4OS.HI/c1-16-14-25(9-10-26-16)15-18-6-4-5-17(11-18)13-23-21(22-2)24-19-7-8-20(12-19)27-3;/h4-6,11,16,19-20H,7-10,12-15H2,1-3H3,(H2,22,23,24);1H.